The third kappa shape index (κ3) is 3.69. The Balaban J connectivity index is 1.39. The number of cyclic esters (lactones) is 1. The standard InChI is InChI=1S/C17H21N7O3/c1-13-19-14(10-15(20-13)24-3-2-18-12-24)21-4-6-22(7-5-21)16(25)11-23-8-9-27-17(23)26/h2-3,10,12H,4-9,11H2,1H3. The average molecular weight is 371 g/mol. The Hall–Kier alpha value is -3.17. The van der Waals surface area contributed by atoms with Gasteiger partial charge in [-0.15, -0.1) is 0 Å². The summed E-state index contributed by atoms with van der Waals surface area (Å²) in [4.78, 5) is 42.3. The molecule has 2 fully saturated rings. The van der Waals surface area contributed by atoms with Crippen LogP contribution < -0.4 is 4.90 Å². The molecule has 0 spiro atoms. The molecule has 2 aromatic heterocycles. The van der Waals surface area contributed by atoms with Crippen molar-refractivity contribution >= 4 is 17.8 Å². The number of amides is 2. The van der Waals surface area contributed by atoms with Crippen LogP contribution in [0.2, 0.25) is 0 Å². The number of hydrogen-bond acceptors (Lipinski definition) is 7. The van der Waals surface area contributed by atoms with Gasteiger partial charge in [-0.05, 0) is 6.92 Å². The second-order valence-corrected chi connectivity index (χ2v) is 6.51. The van der Waals surface area contributed by atoms with E-state index in [1.165, 1.54) is 4.90 Å². The van der Waals surface area contributed by atoms with Crippen molar-refractivity contribution in [2.75, 3.05) is 50.8 Å². The number of hydrogen-bond donors (Lipinski definition) is 0. The Morgan fingerprint density at radius 1 is 1.15 bits per heavy atom. The molecule has 4 rings (SSSR count). The third-order valence-electron chi connectivity index (χ3n) is 4.71. The molecule has 2 amide bonds. The molecular formula is C17H21N7O3. The highest BCUT2D eigenvalue weighted by molar-refractivity contribution is 5.83. The number of nitrogens with zero attached hydrogens (tertiary/aromatic N) is 7. The van der Waals surface area contributed by atoms with Gasteiger partial charge in [-0.2, -0.15) is 0 Å². The normalized spacial score (nSPS) is 17.4. The molecule has 0 aliphatic carbocycles. The van der Waals surface area contributed by atoms with Crippen LogP contribution in [0.5, 0.6) is 0 Å². The number of piperazine rings is 1. The molecule has 2 saturated heterocycles. The number of aryl methyl sites for hydroxylation is 1. The number of rotatable bonds is 4. The lowest BCUT2D eigenvalue weighted by molar-refractivity contribution is -0.132. The van der Waals surface area contributed by atoms with Gasteiger partial charge in [0.1, 0.15) is 36.9 Å². The summed E-state index contributed by atoms with van der Waals surface area (Å²) in [6, 6.07) is 1.92. The number of ether oxygens (including phenoxy) is 1. The molecule has 142 valence electrons. The molecule has 2 aromatic rings. The summed E-state index contributed by atoms with van der Waals surface area (Å²) in [6.45, 7) is 5.30. The van der Waals surface area contributed by atoms with E-state index in [2.05, 4.69) is 19.9 Å². The molecule has 0 saturated carbocycles. The van der Waals surface area contributed by atoms with Crippen molar-refractivity contribution in [3.8, 4) is 5.82 Å². The van der Waals surface area contributed by atoms with Crippen LogP contribution in [0.3, 0.4) is 0 Å². The summed E-state index contributed by atoms with van der Waals surface area (Å²) < 4.78 is 6.71. The number of imidazole rings is 1. The molecule has 0 unspecified atom stereocenters. The second kappa shape index (κ2) is 7.22. The summed E-state index contributed by atoms with van der Waals surface area (Å²) in [5, 5.41) is 0. The molecular weight excluding hydrogens is 350 g/mol. The van der Waals surface area contributed by atoms with Gasteiger partial charge < -0.3 is 14.5 Å². The molecule has 27 heavy (non-hydrogen) atoms. The molecule has 2 aliphatic heterocycles. The molecule has 2 aliphatic rings. The highest BCUT2D eigenvalue weighted by Gasteiger charge is 2.28. The Kier molecular flexibility index (Phi) is 4.61. The topological polar surface area (TPSA) is 96.7 Å². The van der Waals surface area contributed by atoms with Crippen LogP contribution in [0.15, 0.2) is 24.8 Å². The molecule has 10 nitrogen and oxygen atoms in total. The quantitative estimate of drug-likeness (QED) is 0.750. The first-order valence-electron chi connectivity index (χ1n) is 8.88. The zero-order chi connectivity index (χ0) is 18.8. The monoisotopic (exact) mass is 371 g/mol. The van der Waals surface area contributed by atoms with Crippen molar-refractivity contribution in [1.82, 2.24) is 29.3 Å². The number of carbonyl (C=O) groups is 2. The Bertz CT molecular complexity index is 831. The lowest BCUT2D eigenvalue weighted by Gasteiger charge is -2.36. The molecule has 4 heterocycles. The van der Waals surface area contributed by atoms with E-state index >= 15 is 0 Å². The molecule has 0 radical (unpaired) electrons. The summed E-state index contributed by atoms with van der Waals surface area (Å²) in [6.07, 6.45) is 4.83. The van der Waals surface area contributed by atoms with E-state index in [-0.39, 0.29) is 12.5 Å². The van der Waals surface area contributed by atoms with E-state index in [0.717, 1.165) is 11.6 Å². The van der Waals surface area contributed by atoms with Gasteiger partial charge >= 0.3 is 6.09 Å². The second-order valence-electron chi connectivity index (χ2n) is 6.51. The van der Waals surface area contributed by atoms with Crippen molar-refractivity contribution < 1.29 is 14.3 Å². The number of aromatic nitrogens is 4. The number of carbonyl (C=O) groups excluding carboxylic acids is 2. The maximum Gasteiger partial charge on any atom is 0.410 e. The van der Waals surface area contributed by atoms with E-state index in [1.54, 1.807) is 17.4 Å². The van der Waals surface area contributed by atoms with E-state index < -0.39 is 6.09 Å². The van der Waals surface area contributed by atoms with Crippen LogP contribution in [0.25, 0.3) is 5.82 Å². The zero-order valence-electron chi connectivity index (χ0n) is 15.1. The molecule has 0 bridgehead atoms. The summed E-state index contributed by atoms with van der Waals surface area (Å²) in [5.41, 5.74) is 0. The fourth-order valence-electron chi connectivity index (χ4n) is 3.24. The smallest absolute Gasteiger partial charge is 0.410 e. The minimum absolute atomic E-state index is 0.0496. The summed E-state index contributed by atoms with van der Waals surface area (Å²) in [7, 11) is 0. The summed E-state index contributed by atoms with van der Waals surface area (Å²) in [5.74, 6) is 2.23. The maximum absolute atomic E-state index is 12.4. The van der Waals surface area contributed by atoms with Gasteiger partial charge in [0.25, 0.3) is 0 Å². The molecule has 10 heteroatoms. The van der Waals surface area contributed by atoms with Crippen LogP contribution in [0, 0.1) is 6.92 Å². The first-order chi connectivity index (χ1) is 13.1. The van der Waals surface area contributed by atoms with Gasteiger partial charge in [-0.25, -0.2) is 19.7 Å². The van der Waals surface area contributed by atoms with Crippen LogP contribution in [0.1, 0.15) is 5.82 Å². The minimum atomic E-state index is -0.412. The highest BCUT2D eigenvalue weighted by Crippen LogP contribution is 2.17. The fourth-order valence-corrected chi connectivity index (χ4v) is 3.24. The molecule has 0 N–H and O–H groups in total. The van der Waals surface area contributed by atoms with Crippen LogP contribution in [0.4, 0.5) is 10.6 Å². The van der Waals surface area contributed by atoms with Crippen molar-refractivity contribution in [2.45, 2.75) is 6.92 Å². The SMILES string of the molecule is Cc1nc(N2CCN(C(=O)CN3CCOC3=O)CC2)cc(-n2ccnc2)n1. The van der Waals surface area contributed by atoms with Crippen molar-refractivity contribution in [2.24, 2.45) is 0 Å². The molecule has 0 aromatic carbocycles. The zero-order valence-corrected chi connectivity index (χ0v) is 15.1. The van der Waals surface area contributed by atoms with E-state index in [4.69, 9.17) is 4.74 Å². The first kappa shape index (κ1) is 17.3. The Morgan fingerprint density at radius 2 is 1.93 bits per heavy atom. The Morgan fingerprint density at radius 3 is 2.59 bits per heavy atom. The van der Waals surface area contributed by atoms with E-state index in [9.17, 15) is 9.59 Å². The van der Waals surface area contributed by atoms with Crippen LogP contribution in [-0.2, 0) is 9.53 Å². The van der Waals surface area contributed by atoms with Gasteiger partial charge in [0.05, 0.1) is 6.54 Å². The predicted octanol–water partition coefficient (Wildman–Crippen LogP) is 0.0715. The Labute approximate surface area is 156 Å². The van der Waals surface area contributed by atoms with Gasteiger partial charge in [0.2, 0.25) is 5.91 Å². The van der Waals surface area contributed by atoms with E-state index in [0.29, 0.717) is 45.2 Å². The maximum atomic E-state index is 12.4. The lowest BCUT2D eigenvalue weighted by Crippen LogP contribution is -2.51. The van der Waals surface area contributed by atoms with Gasteiger partial charge in [0, 0.05) is 44.6 Å². The van der Waals surface area contributed by atoms with Crippen molar-refractivity contribution in [3.05, 3.63) is 30.6 Å². The fraction of sp³-hybridized carbons (Fsp3) is 0.471. The van der Waals surface area contributed by atoms with Crippen molar-refractivity contribution in [1.29, 1.82) is 0 Å². The van der Waals surface area contributed by atoms with Crippen molar-refractivity contribution in [3.63, 3.8) is 0 Å². The minimum Gasteiger partial charge on any atom is -0.448 e. The largest absolute Gasteiger partial charge is 0.448 e. The summed E-state index contributed by atoms with van der Waals surface area (Å²) >= 11 is 0. The van der Waals surface area contributed by atoms with Crippen LogP contribution >= 0.6 is 0 Å². The van der Waals surface area contributed by atoms with Gasteiger partial charge in [0.15, 0.2) is 0 Å². The first-order valence-corrected chi connectivity index (χ1v) is 8.88. The third-order valence-corrected chi connectivity index (χ3v) is 4.71. The van der Waals surface area contributed by atoms with Gasteiger partial charge in [-0.1, -0.05) is 0 Å². The highest BCUT2D eigenvalue weighted by atomic mass is 16.6. The van der Waals surface area contributed by atoms with Crippen LogP contribution in [-0.4, -0.2) is 87.2 Å². The predicted molar refractivity (Wildman–Crippen MR) is 95.6 cm³/mol. The lowest BCUT2D eigenvalue weighted by atomic mass is 10.3. The van der Waals surface area contributed by atoms with Gasteiger partial charge in [-0.3, -0.25) is 14.3 Å². The molecule has 0 atom stereocenters. The average Bonchev–Trinajstić information content (AvgIpc) is 3.34. The van der Waals surface area contributed by atoms with E-state index in [1.807, 2.05) is 23.8 Å². The number of anilines is 1.